The molecular weight excluding hydrogens is 162 g/mol. The van der Waals surface area contributed by atoms with Crippen LogP contribution in [0, 0.1) is 0 Å². The number of carbonyl (C=O) groups is 1. The summed E-state index contributed by atoms with van der Waals surface area (Å²) in [4.78, 5) is 15.6. The van der Waals surface area contributed by atoms with E-state index in [-0.39, 0.29) is 5.78 Å². The molecule has 0 spiro atoms. The van der Waals surface area contributed by atoms with Crippen molar-refractivity contribution in [1.82, 2.24) is 4.98 Å². The molecule has 0 saturated heterocycles. The summed E-state index contributed by atoms with van der Waals surface area (Å²) < 4.78 is 0. The molecule has 13 heavy (non-hydrogen) atoms. The topological polar surface area (TPSA) is 30.0 Å². The first-order chi connectivity index (χ1) is 6.29. The van der Waals surface area contributed by atoms with Crippen LogP contribution < -0.4 is 0 Å². The Kier molecular flexibility index (Phi) is 3.38. The van der Waals surface area contributed by atoms with E-state index < -0.39 is 0 Å². The van der Waals surface area contributed by atoms with Crippen molar-refractivity contribution in [2.75, 3.05) is 0 Å². The molecular formula is C11H13NO. The molecule has 0 aliphatic rings. The van der Waals surface area contributed by atoms with Gasteiger partial charge in [-0.15, -0.1) is 0 Å². The SMILES string of the molecule is C=Cc1cccnc1C(=O)CCC. The minimum absolute atomic E-state index is 0.0954. The van der Waals surface area contributed by atoms with Gasteiger partial charge in [-0.05, 0) is 12.5 Å². The molecule has 0 aliphatic carbocycles. The van der Waals surface area contributed by atoms with Gasteiger partial charge in [-0.25, -0.2) is 0 Å². The lowest BCUT2D eigenvalue weighted by Crippen LogP contribution is -2.03. The number of hydrogen-bond donors (Lipinski definition) is 0. The zero-order valence-corrected chi connectivity index (χ0v) is 7.79. The number of rotatable bonds is 4. The van der Waals surface area contributed by atoms with Crippen molar-refractivity contribution in [2.24, 2.45) is 0 Å². The van der Waals surface area contributed by atoms with E-state index in [0.717, 1.165) is 12.0 Å². The Labute approximate surface area is 78.3 Å². The molecule has 0 atom stereocenters. The number of carbonyl (C=O) groups excluding carboxylic acids is 1. The van der Waals surface area contributed by atoms with Crippen molar-refractivity contribution >= 4 is 11.9 Å². The van der Waals surface area contributed by atoms with Gasteiger partial charge in [0.25, 0.3) is 0 Å². The summed E-state index contributed by atoms with van der Waals surface area (Å²) in [6.45, 7) is 5.62. The second-order valence-corrected chi connectivity index (χ2v) is 2.82. The lowest BCUT2D eigenvalue weighted by molar-refractivity contribution is 0.0977. The molecule has 1 heterocycles. The summed E-state index contributed by atoms with van der Waals surface area (Å²) in [5, 5.41) is 0. The fourth-order valence-corrected chi connectivity index (χ4v) is 1.16. The van der Waals surface area contributed by atoms with Crippen LogP contribution in [-0.2, 0) is 0 Å². The maximum Gasteiger partial charge on any atom is 0.181 e. The van der Waals surface area contributed by atoms with Crippen molar-refractivity contribution in [3.05, 3.63) is 36.2 Å². The largest absolute Gasteiger partial charge is 0.292 e. The Morgan fingerprint density at radius 2 is 2.46 bits per heavy atom. The van der Waals surface area contributed by atoms with Crippen molar-refractivity contribution in [3.63, 3.8) is 0 Å². The minimum Gasteiger partial charge on any atom is -0.292 e. The van der Waals surface area contributed by atoms with Gasteiger partial charge < -0.3 is 0 Å². The molecule has 1 aromatic rings. The molecule has 1 aromatic heterocycles. The molecule has 0 aromatic carbocycles. The lowest BCUT2D eigenvalue weighted by atomic mass is 10.1. The monoisotopic (exact) mass is 175 g/mol. The number of Topliss-reactive ketones (excluding diaryl/α,β-unsaturated/α-hetero) is 1. The molecule has 2 heteroatoms. The molecule has 0 bridgehead atoms. The van der Waals surface area contributed by atoms with Crippen LogP contribution in [-0.4, -0.2) is 10.8 Å². The molecule has 0 fully saturated rings. The van der Waals surface area contributed by atoms with Crippen LogP contribution in [0.25, 0.3) is 6.08 Å². The number of hydrogen-bond acceptors (Lipinski definition) is 2. The van der Waals surface area contributed by atoms with E-state index in [9.17, 15) is 4.79 Å². The Morgan fingerprint density at radius 1 is 1.69 bits per heavy atom. The van der Waals surface area contributed by atoms with E-state index in [1.165, 1.54) is 0 Å². The zero-order chi connectivity index (χ0) is 9.68. The molecule has 0 radical (unpaired) electrons. The highest BCUT2D eigenvalue weighted by Gasteiger charge is 2.08. The van der Waals surface area contributed by atoms with E-state index in [2.05, 4.69) is 11.6 Å². The van der Waals surface area contributed by atoms with Gasteiger partial charge in [0.2, 0.25) is 0 Å². The first kappa shape index (κ1) is 9.65. The number of pyridine rings is 1. The van der Waals surface area contributed by atoms with Crippen LogP contribution in [0.4, 0.5) is 0 Å². The van der Waals surface area contributed by atoms with E-state index in [4.69, 9.17) is 0 Å². The van der Waals surface area contributed by atoms with Gasteiger partial charge in [0.1, 0.15) is 5.69 Å². The lowest BCUT2D eigenvalue weighted by Gasteiger charge is -2.01. The van der Waals surface area contributed by atoms with Gasteiger partial charge in [0.15, 0.2) is 5.78 Å². The van der Waals surface area contributed by atoms with Crippen molar-refractivity contribution in [2.45, 2.75) is 19.8 Å². The second kappa shape index (κ2) is 4.55. The predicted octanol–water partition coefficient (Wildman–Crippen LogP) is 2.71. The molecule has 0 aliphatic heterocycles. The first-order valence-corrected chi connectivity index (χ1v) is 4.40. The van der Waals surface area contributed by atoms with E-state index in [1.807, 2.05) is 13.0 Å². The average Bonchev–Trinajstić information content (AvgIpc) is 2.18. The predicted molar refractivity (Wildman–Crippen MR) is 53.6 cm³/mol. The van der Waals surface area contributed by atoms with E-state index in [1.54, 1.807) is 18.3 Å². The summed E-state index contributed by atoms with van der Waals surface area (Å²) in [6, 6.07) is 3.66. The van der Waals surface area contributed by atoms with E-state index in [0.29, 0.717) is 12.1 Å². The van der Waals surface area contributed by atoms with Crippen molar-refractivity contribution in [1.29, 1.82) is 0 Å². The van der Waals surface area contributed by atoms with Crippen molar-refractivity contribution in [3.8, 4) is 0 Å². The number of aromatic nitrogens is 1. The zero-order valence-electron chi connectivity index (χ0n) is 7.79. The third-order valence-electron chi connectivity index (χ3n) is 1.80. The first-order valence-electron chi connectivity index (χ1n) is 4.40. The second-order valence-electron chi connectivity index (χ2n) is 2.82. The Balaban J connectivity index is 2.98. The fraction of sp³-hybridized carbons (Fsp3) is 0.273. The molecule has 0 amide bonds. The van der Waals surface area contributed by atoms with Crippen LogP contribution in [0.3, 0.4) is 0 Å². The molecule has 0 saturated carbocycles. The van der Waals surface area contributed by atoms with Gasteiger partial charge in [0.05, 0.1) is 0 Å². The molecule has 0 unspecified atom stereocenters. The Morgan fingerprint density at radius 3 is 3.08 bits per heavy atom. The van der Waals surface area contributed by atoms with Gasteiger partial charge in [-0.2, -0.15) is 0 Å². The Bertz CT molecular complexity index is 318. The van der Waals surface area contributed by atoms with Crippen LogP contribution in [0.1, 0.15) is 35.8 Å². The summed E-state index contributed by atoms with van der Waals surface area (Å²) in [5.41, 5.74) is 1.36. The molecule has 68 valence electrons. The normalized spacial score (nSPS) is 9.62. The highest BCUT2D eigenvalue weighted by Crippen LogP contribution is 2.09. The van der Waals surface area contributed by atoms with Crippen LogP contribution in [0.15, 0.2) is 24.9 Å². The molecule has 1 rings (SSSR count). The summed E-state index contributed by atoms with van der Waals surface area (Å²) in [5.74, 6) is 0.0954. The number of ketones is 1. The minimum atomic E-state index is 0.0954. The summed E-state index contributed by atoms with van der Waals surface area (Å²) >= 11 is 0. The standard InChI is InChI=1S/C11H13NO/c1-3-6-10(13)11-9(4-2)7-5-8-12-11/h4-5,7-8H,2-3,6H2,1H3. The quantitative estimate of drug-likeness (QED) is 0.658. The van der Waals surface area contributed by atoms with Crippen LogP contribution in [0.2, 0.25) is 0 Å². The van der Waals surface area contributed by atoms with Gasteiger partial charge in [0, 0.05) is 18.2 Å². The fourth-order valence-electron chi connectivity index (χ4n) is 1.16. The number of nitrogens with zero attached hydrogens (tertiary/aromatic N) is 1. The van der Waals surface area contributed by atoms with Crippen molar-refractivity contribution < 1.29 is 4.79 Å². The van der Waals surface area contributed by atoms with Crippen LogP contribution in [0.5, 0.6) is 0 Å². The maximum atomic E-state index is 11.5. The highest BCUT2D eigenvalue weighted by molar-refractivity contribution is 5.97. The van der Waals surface area contributed by atoms with Gasteiger partial charge in [-0.1, -0.05) is 25.6 Å². The molecule has 2 nitrogen and oxygen atoms in total. The molecule has 0 N–H and O–H groups in total. The van der Waals surface area contributed by atoms with Gasteiger partial charge in [-0.3, -0.25) is 9.78 Å². The smallest absolute Gasteiger partial charge is 0.181 e. The van der Waals surface area contributed by atoms with Gasteiger partial charge >= 0.3 is 0 Å². The summed E-state index contributed by atoms with van der Waals surface area (Å²) in [7, 11) is 0. The highest BCUT2D eigenvalue weighted by atomic mass is 16.1. The third kappa shape index (κ3) is 2.25. The maximum absolute atomic E-state index is 11.5. The van der Waals surface area contributed by atoms with Crippen LogP contribution >= 0.6 is 0 Å². The van der Waals surface area contributed by atoms with E-state index >= 15 is 0 Å². The summed E-state index contributed by atoms with van der Waals surface area (Å²) in [6.07, 6.45) is 4.70. The average molecular weight is 175 g/mol. The Hall–Kier alpha value is -1.44. The third-order valence-corrected chi connectivity index (χ3v) is 1.80.